The van der Waals surface area contributed by atoms with E-state index in [1.165, 1.54) is 37.9 Å². The van der Waals surface area contributed by atoms with Crippen LogP contribution >= 0.6 is 11.8 Å². The SMILES string of the molecule is c1ccc(Cn2c(SCCN3CCCCC3)nnc2N2CCOCC2)cc1. The predicted octanol–water partition coefficient (Wildman–Crippen LogP) is 2.74. The maximum atomic E-state index is 5.51. The van der Waals surface area contributed by atoms with E-state index in [-0.39, 0.29) is 0 Å². The van der Waals surface area contributed by atoms with Gasteiger partial charge in [-0.05, 0) is 31.5 Å². The summed E-state index contributed by atoms with van der Waals surface area (Å²) in [5.41, 5.74) is 1.28. The molecule has 2 aliphatic rings. The Morgan fingerprint density at radius 3 is 2.48 bits per heavy atom. The Kier molecular flexibility index (Phi) is 6.66. The van der Waals surface area contributed by atoms with Crippen LogP contribution in [0.2, 0.25) is 0 Å². The molecular weight excluding hydrogens is 358 g/mol. The largest absolute Gasteiger partial charge is 0.378 e. The number of anilines is 1. The van der Waals surface area contributed by atoms with Gasteiger partial charge >= 0.3 is 0 Å². The second-order valence-corrected chi connectivity index (χ2v) is 8.27. The molecule has 1 aromatic heterocycles. The van der Waals surface area contributed by atoms with Gasteiger partial charge in [-0.3, -0.25) is 4.57 Å². The summed E-state index contributed by atoms with van der Waals surface area (Å²) in [6.45, 7) is 7.72. The summed E-state index contributed by atoms with van der Waals surface area (Å²) in [6.07, 6.45) is 4.07. The number of likely N-dealkylation sites (tertiary alicyclic amines) is 1. The highest BCUT2D eigenvalue weighted by Gasteiger charge is 2.21. The molecule has 0 aliphatic carbocycles. The third-order valence-electron chi connectivity index (χ3n) is 5.26. The van der Waals surface area contributed by atoms with Gasteiger partial charge in [0, 0.05) is 25.4 Å². The fraction of sp³-hybridized carbons (Fsp3) is 0.600. The number of benzene rings is 1. The molecule has 0 atom stereocenters. The third-order valence-corrected chi connectivity index (χ3v) is 6.21. The summed E-state index contributed by atoms with van der Waals surface area (Å²) in [7, 11) is 0. The Hall–Kier alpha value is -1.57. The van der Waals surface area contributed by atoms with Crippen molar-refractivity contribution in [2.45, 2.75) is 31.0 Å². The Bertz CT molecular complexity index is 696. The van der Waals surface area contributed by atoms with Gasteiger partial charge in [0.15, 0.2) is 5.16 Å². The van der Waals surface area contributed by atoms with Crippen LogP contribution in [-0.2, 0) is 11.3 Å². The lowest BCUT2D eigenvalue weighted by Crippen LogP contribution is -2.38. The Labute approximate surface area is 165 Å². The molecular formula is C20H29N5OS. The molecule has 146 valence electrons. The van der Waals surface area contributed by atoms with Crippen LogP contribution in [0.15, 0.2) is 35.5 Å². The van der Waals surface area contributed by atoms with Crippen LogP contribution in [0.3, 0.4) is 0 Å². The summed E-state index contributed by atoms with van der Waals surface area (Å²) in [5.74, 6) is 2.04. The fourth-order valence-corrected chi connectivity index (χ4v) is 4.67. The zero-order chi connectivity index (χ0) is 18.3. The van der Waals surface area contributed by atoms with E-state index < -0.39 is 0 Å². The lowest BCUT2D eigenvalue weighted by Gasteiger charge is -2.28. The number of nitrogens with zero attached hydrogens (tertiary/aromatic N) is 5. The number of thioether (sulfide) groups is 1. The van der Waals surface area contributed by atoms with E-state index in [0.29, 0.717) is 0 Å². The highest BCUT2D eigenvalue weighted by atomic mass is 32.2. The van der Waals surface area contributed by atoms with E-state index in [4.69, 9.17) is 4.74 Å². The Morgan fingerprint density at radius 1 is 0.926 bits per heavy atom. The van der Waals surface area contributed by atoms with Gasteiger partial charge in [-0.15, -0.1) is 10.2 Å². The number of rotatable bonds is 7. The molecule has 0 spiro atoms. The minimum atomic E-state index is 0.760. The van der Waals surface area contributed by atoms with Gasteiger partial charge in [0.1, 0.15) is 0 Å². The van der Waals surface area contributed by atoms with Crippen LogP contribution in [0.25, 0.3) is 0 Å². The van der Waals surface area contributed by atoms with E-state index in [1.807, 2.05) is 11.8 Å². The van der Waals surface area contributed by atoms with Crippen molar-refractivity contribution in [3.8, 4) is 0 Å². The molecule has 4 rings (SSSR count). The third kappa shape index (κ3) is 5.03. The van der Waals surface area contributed by atoms with Gasteiger partial charge in [-0.25, -0.2) is 0 Å². The first kappa shape index (κ1) is 18.8. The highest BCUT2D eigenvalue weighted by molar-refractivity contribution is 7.99. The molecule has 2 fully saturated rings. The van der Waals surface area contributed by atoms with E-state index in [9.17, 15) is 0 Å². The fourth-order valence-electron chi connectivity index (χ4n) is 3.74. The van der Waals surface area contributed by atoms with Gasteiger partial charge in [0.05, 0.1) is 19.8 Å². The van der Waals surface area contributed by atoms with Crippen LogP contribution in [0.5, 0.6) is 0 Å². The minimum Gasteiger partial charge on any atom is -0.378 e. The molecule has 0 amide bonds. The highest BCUT2D eigenvalue weighted by Crippen LogP contribution is 2.24. The first-order valence-electron chi connectivity index (χ1n) is 10.0. The average molecular weight is 388 g/mol. The van der Waals surface area contributed by atoms with Crippen molar-refractivity contribution in [1.82, 2.24) is 19.7 Å². The molecule has 2 saturated heterocycles. The van der Waals surface area contributed by atoms with Gasteiger partial charge in [-0.2, -0.15) is 0 Å². The van der Waals surface area contributed by atoms with Gasteiger partial charge in [-0.1, -0.05) is 48.5 Å². The molecule has 2 aromatic rings. The molecule has 2 aliphatic heterocycles. The van der Waals surface area contributed by atoms with Crippen molar-refractivity contribution in [2.24, 2.45) is 0 Å². The summed E-state index contributed by atoms with van der Waals surface area (Å²) in [6, 6.07) is 10.6. The maximum absolute atomic E-state index is 5.51. The second kappa shape index (κ2) is 9.57. The molecule has 0 unspecified atom stereocenters. The Balaban J connectivity index is 1.46. The van der Waals surface area contributed by atoms with Gasteiger partial charge < -0.3 is 14.5 Å². The normalized spacial score (nSPS) is 18.7. The smallest absolute Gasteiger partial charge is 0.228 e. The van der Waals surface area contributed by atoms with E-state index in [2.05, 4.69) is 54.9 Å². The summed E-state index contributed by atoms with van der Waals surface area (Å²) in [4.78, 5) is 4.88. The van der Waals surface area contributed by atoms with Crippen molar-refractivity contribution in [1.29, 1.82) is 0 Å². The van der Waals surface area contributed by atoms with Crippen molar-refractivity contribution in [3.05, 3.63) is 35.9 Å². The zero-order valence-electron chi connectivity index (χ0n) is 15.9. The standard InChI is InChI=1S/C20H29N5OS/c1-3-7-18(8-4-1)17-25-19(24-11-14-26-15-12-24)21-22-20(25)27-16-13-23-9-5-2-6-10-23/h1,3-4,7-8H,2,5-6,9-17H2. The van der Waals surface area contributed by atoms with Crippen LogP contribution in [0, 0.1) is 0 Å². The van der Waals surface area contributed by atoms with Crippen LogP contribution in [0.4, 0.5) is 5.95 Å². The zero-order valence-corrected chi connectivity index (χ0v) is 16.7. The predicted molar refractivity (Wildman–Crippen MR) is 110 cm³/mol. The summed E-state index contributed by atoms with van der Waals surface area (Å²) < 4.78 is 7.79. The van der Waals surface area contributed by atoms with E-state index in [1.54, 1.807) is 0 Å². The van der Waals surface area contributed by atoms with Crippen molar-refractivity contribution < 1.29 is 4.74 Å². The maximum Gasteiger partial charge on any atom is 0.228 e. The first-order valence-corrected chi connectivity index (χ1v) is 11.0. The summed E-state index contributed by atoms with van der Waals surface area (Å²) >= 11 is 1.83. The lowest BCUT2D eigenvalue weighted by molar-refractivity contribution is 0.121. The van der Waals surface area contributed by atoms with E-state index >= 15 is 0 Å². The number of hydrogen-bond acceptors (Lipinski definition) is 6. The average Bonchev–Trinajstić information content (AvgIpc) is 3.13. The number of morpholine rings is 1. The van der Waals surface area contributed by atoms with Crippen LogP contribution in [0.1, 0.15) is 24.8 Å². The number of ether oxygens (including phenoxy) is 1. The summed E-state index contributed by atoms with van der Waals surface area (Å²) in [5, 5.41) is 10.1. The molecule has 0 radical (unpaired) electrons. The Morgan fingerprint density at radius 2 is 1.70 bits per heavy atom. The molecule has 7 heteroatoms. The van der Waals surface area contributed by atoms with Crippen molar-refractivity contribution in [3.63, 3.8) is 0 Å². The molecule has 0 saturated carbocycles. The molecule has 3 heterocycles. The monoisotopic (exact) mass is 387 g/mol. The van der Waals surface area contributed by atoms with Gasteiger partial charge in [0.2, 0.25) is 5.95 Å². The molecule has 27 heavy (non-hydrogen) atoms. The number of piperidine rings is 1. The van der Waals surface area contributed by atoms with Crippen molar-refractivity contribution >= 4 is 17.7 Å². The lowest BCUT2D eigenvalue weighted by atomic mass is 10.1. The second-order valence-electron chi connectivity index (χ2n) is 7.20. The topological polar surface area (TPSA) is 46.4 Å². The number of aromatic nitrogens is 3. The van der Waals surface area contributed by atoms with Crippen LogP contribution < -0.4 is 4.90 Å². The molecule has 1 aromatic carbocycles. The quantitative estimate of drug-likeness (QED) is 0.681. The molecule has 0 bridgehead atoms. The van der Waals surface area contributed by atoms with E-state index in [0.717, 1.165) is 56.3 Å². The number of hydrogen-bond donors (Lipinski definition) is 0. The molecule has 0 N–H and O–H groups in total. The van der Waals surface area contributed by atoms with Crippen LogP contribution in [-0.4, -0.2) is 71.4 Å². The minimum absolute atomic E-state index is 0.760. The van der Waals surface area contributed by atoms with Crippen molar-refractivity contribution in [2.75, 3.05) is 56.6 Å². The van der Waals surface area contributed by atoms with Gasteiger partial charge in [0.25, 0.3) is 0 Å². The first-order chi connectivity index (χ1) is 13.4. The molecule has 6 nitrogen and oxygen atoms in total.